The third-order valence-corrected chi connectivity index (χ3v) is 95.8. The van der Waals surface area contributed by atoms with E-state index in [2.05, 4.69) is 451 Å². The molecule has 0 N–H and O–H groups in total. The molecule has 4 unspecified atom stereocenters. The molecule has 4 rings (SSSR count). The fourth-order valence-electron chi connectivity index (χ4n) is 17.6. The first kappa shape index (κ1) is 172. The van der Waals surface area contributed by atoms with Crippen LogP contribution in [0.2, 0.25) is 254 Å². The summed E-state index contributed by atoms with van der Waals surface area (Å²) in [6, 6.07) is 38.2. The van der Waals surface area contributed by atoms with Gasteiger partial charge in [0.05, 0.1) is 32.3 Å². The van der Waals surface area contributed by atoms with Crippen molar-refractivity contribution in [2.75, 3.05) is 0 Å². The molecule has 10 nitrogen and oxygen atoms in total. The van der Waals surface area contributed by atoms with Gasteiger partial charge in [0.2, 0.25) is 0 Å². The van der Waals surface area contributed by atoms with Crippen molar-refractivity contribution >= 4 is 155 Å². The molecule has 2 aromatic rings. The first-order valence-electron chi connectivity index (χ1n) is 60.9. The molecule has 2 heterocycles. The standard InChI is InChI=1S/C18H44O4Si4.C16H30Si2.C15H38O4Si4.C15H28Si2.C10H26OSi2.C9H24OSi2.C8H18.C7H16.C6H14.C5H12.6C2H4/c1-9-13-16-24(6)19-23(5,12-4)20-25(7,17-14-10-2)22-26(8,21-24)18-15-11-3;1-7-9-14-18(5,6)16-12-10-15(11-13-16)17(3,4)8-2;1-9-13-21(6)16-20(5,12-4)17-22(7,14-10-2)19-23(8,18-21)15-11-3;1-7-13-17(5,6)15-11-9-14(10-12-15)16(3,4)8-2;1-7-9-10-13(5,6)11-12(3,4)8-2;1-7-9-12(5,6)10-11(3,4)8-2;1-3-5-7-8-6-4-2;1-3-5-7-6-4-2;1-3-5-6-4-2;1-3-5-4-2;6*1-2/h9-18H2,1-8H3;10-13H,7-9,14H2,1-6H3;9-15H2,1-8H3;9-12H,7-8,13H2,1-6H3;7-10H2,1-6H3;7-9H2,1-6H3;3-8H2,1-2H3;3-7H2,1-2H3;3-6H2,1-2H3;3-5H2,1-2H3;6*1-2H2. The van der Waals surface area contributed by atoms with Crippen LogP contribution < -0.4 is 20.7 Å². The van der Waals surface area contributed by atoms with Gasteiger partial charge in [-0.15, -0.1) is 78.9 Å². The lowest BCUT2D eigenvalue weighted by Crippen LogP contribution is -2.67. The van der Waals surface area contributed by atoms with Crippen LogP contribution in [0, 0.1) is 0 Å². The Labute approximate surface area is 947 Å². The van der Waals surface area contributed by atoms with E-state index in [-0.39, 0.29) is 0 Å². The van der Waals surface area contributed by atoms with Crippen molar-refractivity contribution in [1.82, 2.24) is 0 Å². The normalized spacial score (nSPS) is 20.6. The molecule has 2 fully saturated rings. The van der Waals surface area contributed by atoms with Gasteiger partial charge in [-0.1, -0.05) is 524 Å². The van der Waals surface area contributed by atoms with Crippen LogP contribution in [0.3, 0.4) is 0 Å². The number of hydrogen-bond acceptors (Lipinski definition) is 10. The second-order valence-electron chi connectivity index (χ2n) is 46.7. The van der Waals surface area contributed by atoms with Crippen molar-refractivity contribution in [3.05, 3.63) is 127 Å². The average molecular weight is 2340 g/mol. The molecule has 2 aliphatic rings. The molecule has 2 aliphatic heterocycles. The summed E-state index contributed by atoms with van der Waals surface area (Å²) in [7, 11) is -27.9. The lowest BCUT2D eigenvalue weighted by Gasteiger charge is -2.50. The minimum atomic E-state index is -2.29. The van der Waals surface area contributed by atoms with Crippen molar-refractivity contribution in [3.63, 3.8) is 0 Å². The Morgan fingerprint density at radius 1 is 0.177 bits per heavy atom. The van der Waals surface area contributed by atoms with E-state index in [9.17, 15) is 0 Å². The zero-order valence-corrected chi connectivity index (χ0v) is 126. The van der Waals surface area contributed by atoms with Crippen LogP contribution in [0.4, 0.5) is 0 Å². The Morgan fingerprint density at radius 2 is 0.361 bits per heavy atom. The summed E-state index contributed by atoms with van der Waals surface area (Å²) in [4.78, 5) is 0. The summed E-state index contributed by atoms with van der Waals surface area (Å²) in [5.74, 6) is 0. The molecule has 882 valence electrons. The molecule has 0 saturated carbocycles. The molecule has 26 heteroatoms. The van der Waals surface area contributed by atoms with Gasteiger partial charge >= 0.3 is 68.5 Å². The van der Waals surface area contributed by atoms with Crippen molar-refractivity contribution in [3.8, 4) is 0 Å². The van der Waals surface area contributed by atoms with Crippen LogP contribution >= 0.6 is 0 Å². The van der Waals surface area contributed by atoms with E-state index < -0.39 is 134 Å². The van der Waals surface area contributed by atoms with Gasteiger partial charge in [0.1, 0.15) is 0 Å². The molecule has 2 saturated heterocycles. The van der Waals surface area contributed by atoms with Crippen molar-refractivity contribution in [2.45, 2.75) is 632 Å². The fourth-order valence-corrected chi connectivity index (χ4v) is 88.6. The van der Waals surface area contributed by atoms with E-state index in [0.29, 0.717) is 0 Å². The molecule has 0 aromatic heterocycles. The van der Waals surface area contributed by atoms with E-state index in [1.165, 1.54) is 241 Å². The fraction of sp³-hybridized carbons (Fsp3) is 0.802. The van der Waals surface area contributed by atoms with Gasteiger partial charge < -0.3 is 41.2 Å². The highest BCUT2D eigenvalue weighted by Gasteiger charge is 2.58. The first-order valence-corrected chi connectivity index (χ1v) is 106. The minimum absolute atomic E-state index is 0.963. The molecule has 0 aliphatic carbocycles. The third-order valence-electron chi connectivity index (χ3n) is 27.6. The van der Waals surface area contributed by atoms with Crippen LogP contribution in [0.1, 0.15) is 378 Å². The molecule has 0 bridgehead atoms. The Kier molecular flexibility index (Phi) is 117. The van der Waals surface area contributed by atoms with Gasteiger partial charge in [-0.05, 0) is 177 Å². The summed E-state index contributed by atoms with van der Waals surface area (Å²) in [5, 5.41) is 6.50. The molecule has 4 atom stereocenters. The van der Waals surface area contributed by atoms with E-state index in [1.807, 2.05) is 0 Å². The number of hydrogen-bond donors (Lipinski definition) is 0. The van der Waals surface area contributed by atoms with E-state index in [4.69, 9.17) is 41.2 Å². The predicted octanol–water partition coefficient (Wildman–Crippen LogP) is 44.7. The zero-order chi connectivity index (χ0) is 118. The van der Waals surface area contributed by atoms with Gasteiger partial charge in [-0.25, -0.2) is 0 Å². The summed E-state index contributed by atoms with van der Waals surface area (Å²) in [6.07, 6.45) is 43.4. The lowest BCUT2D eigenvalue weighted by atomic mass is 10.1. The molecule has 0 radical (unpaired) electrons. The zero-order valence-electron chi connectivity index (χ0n) is 110. The topological polar surface area (TPSA) is 92.3 Å². The Hall–Kier alpha value is -0.0499. The second-order valence-corrected chi connectivity index (χ2v) is 114. The van der Waals surface area contributed by atoms with Crippen LogP contribution in [-0.2, 0) is 41.2 Å². The van der Waals surface area contributed by atoms with Crippen molar-refractivity contribution in [1.29, 1.82) is 0 Å². The van der Waals surface area contributed by atoms with Gasteiger partial charge in [0.15, 0.2) is 33.3 Å². The number of rotatable bonds is 53. The van der Waals surface area contributed by atoms with Crippen LogP contribution in [0.5, 0.6) is 0 Å². The maximum atomic E-state index is 6.97. The maximum Gasteiger partial charge on any atom is 0.317 e. The van der Waals surface area contributed by atoms with Crippen LogP contribution in [0.15, 0.2) is 127 Å². The van der Waals surface area contributed by atoms with Crippen molar-refractivity contribution in [2.24, 2.45) is 0 Å². The van der Waals surface area contributed by atoms with E-state index >= 15 is 0 Å². The second kappa shape index (κ2) is 100. The molecule has 0 amide bonds. The molecular weight excluding hydrogens is 2060 g/mol. The summed E-state index contributed by atoms with van der Waals surface area (Å²) in [5.41, 5.74) is 0. The molecule has 147 heavy (non-hydrogen) atoms. The highest BCUT2D eigenvalue weighted by molar-refractivity contribution is 6.96. The van der Waals surface area contributed by atoms with E-state index in [1.54, 1.807) is 20.7 Å². The van der Waals surface area contributed by atoms with Gasteiger partial charge in [0.25, 0.3) is 0 Å². The molecule has 2 aromatic carbocycles. The third kappa shape index (κ3) is 92.4. The predicted molar refractivity (Wildman–Crippen MR) is 728 cm³/mol. The van der Waals surface area contributed by atoms with Crippen molar-refractivity contribution < 1.29 is 41.2 Å². The quantitative estimate of drug-likeness (QED) is 0.0362. The summed E-state index contributed by atoms with van der Waals surface area (Å²) >= 11 is 0. The lowest BCUT2D eigenvalue weighted by molar-refractivity contribution is 0.219. The Balaban J connectivity index is -0.000000140. The summed E-state index contributed by atoms with van der Waals surface area (Å²) < 4.78 is 67.5. The maximum absolute atomic E-state index is 6.97. The molecule has 0 spiro atoms. The Bertz CT molecular complexity index is 3080. The van der Waals surface area contributed by atoms with Crippen LogP contribution in [0.25, 0.3) is 0 Å². The molecular formula is C121H274O10Si16. The average Bonchev–Trinajstić information content (AvgIpc) is 0.769. The van der Waals surface area contributed by atoms with E-state index in [0.717, 1.165) is 67.6 Å². The van der Waals surface area contributed by atoms with Gasteiger partial charge in [-0.3, -0.25) is 0 Å². The number of unbranched alkanes of at least 4 members (excludes halogenated alkanes) is 19. The number of benzene rings is 2. The smallest absolute Gasteiger partial charge is 0.317 e. The highest BCUT2D eigenvalue weighted by Crippen LogP contribution is 2.41. The SMILES string of the molecule is C=C.C=C.C=C.C=C.C=C.C=C.CCCCC.CCCCCC.CCCCCCC.CCCCCCCC.CCCC[Si](C)(C)O[Si](C)(C)CC.CCCC[Si](C)(C)c1ccc([Si](C)(C)CC)cc1.CCCC[Si]1(C)O[Si](C)(CC)O[Si](C)(CCCC)O[Si](C)(CCCC)O1.CCC[Si](C)(C)O[Si](C)(C)CC.CCC[Si](C)(C)c1ccc([Si](C)(C)CC)cc1.CCC[Si]1(C)O[Si](C)(CC)O[Si](C)(CCC)O[Si](C)(CCC)O1. The monoisotopic (exact) mass is 2340 g/mol. The summed E-state index contributed by atoms with van der Waals surface area (Å²) in [6.45, 7) is 147. The first-order chi connectivity index (χ1) is 68.6. The largest absolute Gasteiger partial charge is 0.456 e. The Morgan fingerprint density at radius 3 is 0.551 bits per heavy atom. The minimum Gasteiger partial charge on any atom is -0.456 e. The van der Waals surface area contributed by atoms with Gasteiger partial charge in [0, 0.05) is 0 Å². The van der Waals surface area contributed by atoms with Gasteiger partial charge in [-0.2, -0.15) is 0 Å². The van der Waals surface area contributed by atoms with Crippen LogP contribution in [-0.4, -0.2) is 134 Å². The highest BCUT2D eigenvalue weighted by atomic mass is 28.5.